The standard InChI is InChI=1S/C75H124O6/c1-4-7-10-13-16-19-22-25-28-29-30-31-32-33-34-35-36-37-38-39-40-41-42-43-44-45-48-50-53-56-59-62-65-68-74(77)80-71-72(81-75(78)69-66-63-60-57-54-51-47-27-24-21-18-15-12-9-6-3)70-79-73(76)67-64-61-58-55-52-49-46-26-23-20-17-14-11-8-5-2/h7,10,16,19,25,27-28,30-31,33-34,36-37,39-40,42-43,45,47-48,53,56,72H,4-6,8-9,11-15,17-18,20-24,26,29,32,35,38,41,44,46,49-52,54-55,57-71H2,1-3H3/b10-7-,19-16-,28-25-,31-30-,34-33-,37-36-,40-39-,43-42-,47-27-,48-45-,56-53-. The lowest BCUT2D eigenvalue weighted by atomic mass is 10.0. The molecule has 0 bridgehead atoms. The van der Waals surface area contributed by atoms with Gasteiger partial charge in [-0.3, -0.25) is 14.4 Å². The highest BCUT2D eigenvalue weighted by molar-refractivity contribution is 5.71. The summed E-state index contributed by atoms with van der Waals surface area (Å²) in [6.45, 7) is 6.50. The van der Waals surface area contributed by atoms with Crippen LogP contribution in [-0.4, -0.2) is 37.2 Å². The predicted molar refractivity (Wildman–Crippen MR) is 353 cm³/mol. The molecule has 0 rings (SSSR count). The van der Waals surface area contributed by atoms with Crippen LogP contribution in [0.1, 0.15) is 303 Å². The van der Waals surface area contributed by atoms with Gasteiger partial charge in [-0.1, -0.05) is 296 Å². The number of unbranched alkanes of at least 4 members (excludes halogenated alkanes) is 27. The molecule has 0 spiro atoms. The third-order valence-electron chi connectivity index (χ3n) is 14.1. The lowest BCUT2D eigenvalue weighted by Crippen LogP contribution is -2.30. The second-order valence-corrected chi connectivity index (χ2v) is 22.0. The average molecular weight is 1120 g/mol. The van der Waals surface area contributed by atoms with Crippen molar-refractivity contribution in [1.29, 1.82) is 0 Å². The lowest BCUT2D eigenvalue weighted by molar-refractivity contribution is -0.167. The molecule has 1 atom stereocenters. The summed E-state index contributed by atoms with van der Waals surface area (Å²) in [5, 5.41) is 0. The van der Waals surface area contributed by atoms with Gasteiger partial charge >= 0.3 is 17.9 Å². The lowest BCUT2D eigenvalue weighted by Gasteiger charge is -2.18. The number of ether oxygens (including phenoxy) is 3. The van der Waals surface area contributed by atoms with Crippen molar-refractivity contribution in [3.8, 4) is 0 Å². The van der Waals surface area contributed by atoms with E-state index in [4.69, 9.17) is 14.2 Å². The van der Waals surface area contributed by atoms with Gasteiger partial charge < -0.3 is 14.2 Å². The normalized spacial score (nSPS) is 13.0. The summed E-state index contributed by atoms with van der Waals surface area (Å²) in [4.78, 5) is 38.3. The molecule has 6 nitrogen and oxygen atoms in total. The number of hydrogen-bond donors (Lipinski definition) is 0. The van der Waals surface area contributed by atoms with E-state index in [1.807, 2.05) is 0 Å². The van der Waals surface area contributed by atoms with E-state index in [2.05, 4.69) is 154 Å². The topological polar surface area (TPSA) is 78.9 Å². The van der Waals surface area contributed by atoms with Gasteiger partial charge in [-0.2, -0.15) is 0 Å². The molecule has 81 heavy (non-hydrogen) atoms. The Morgan fingerprint density at radius 1 is 0.259 bits per heavy atom. The zero-order chi connectivity index (χ0) is 58.5. The van der Waals surface area contributed by atoms with Crippen molar-refractivity contribution >= 4 is 17.9 Å². The van der Waals surface area contributed by atoms with Crippen molar-refractivity contribution in [2.45, 2.75) is 309 Å². The van der Waals surface area contributed by atoms with Crippen molar-refractivity contribution < 1.29 is 28.6 Å². The molecule has 1 unspecified atom stereocenters. The van der Waals surface area contributed by atoms with E-state index in [-0.39, 0.29) is 31.1 Å². The van der Waals surface area contributed by atoms with Crippen LogP contribution in [0.3, 0.4) is 0 Å². The maximum absolute atomic E-state index is 12.9. The largest absolute Gasteiger partial charge is 0.462 e. The Hall–Kier alpha value is -4.45. The number of carbonyl (C=O) groups is 3. The molecule has 0 saturated carbocycles. The van der Waals surface area contributed by atoms with Crippen molar-refractivity contribution in [2.75, 3.05) is 13.2 Å². The highest BCUT2D eigenvalue weighted by Crippen LogP contribution is 2.16. The Kier molecular flexibility index (Phi) is 64.3. The maximum atomic E-state index is 12.9. The zero-order valence-electron chi connectivity index (χ0n) is 52.8. The van der Waals surface area contributed by atoms with E-state index in [1.165, 1.54) is 128 Å². The van der Waals surface area contributed by atoms with Gasteiger partial charge in [-0.25, -0.2) is 0 Å². The Morgan fingerprint density at radius 2 is 0.481 bits per heavy atom. The molecule has 0 aliphatic heterocycles. The highest BCUT2D eigenvalue weighted by Gasteiger charge is 2.19. The van der Waals surface area contributed by atoms with E-state index in [9.17, 15) is 14.4 Å². The fourth-order valence-corrected chi connectivity index (χ4v) is 9.11. The molecule has 0 aromatic carbocycles. The van der Waals surface area contributed by atoms with Gasteiger partial charge in [0.1, 0.15) is 13.2 Å². The van der Waals surface area contributed by atoms with Crippen molar-refractivity contribution in [3.05, 3.63) is 134 Å². The molecule has 0 fully saturated rings. The van der Waals surface area contributed by atoms with E-state index in [0.29, 0.717) is 25.7 Å². The number of hydrogen-bond acceptors (Lipinski definition) is 6. The molecule has 6 heteroatoms. The van der Waals surface area contributed by atoms with Gasteiger partial charge in [0.15, 0.2) is 6.10 Å². The second-order valence-electron chi connectivity index (χ2n) is 22.0. The molecule has 0 radical (unpaired) electrons. The maximum Gasteiger partial charge on any atom is 0.306 e. The minimum atomic E-state index is -0.803. The molecule has 0 aliphatic carbocycles. The first-order valence-corrected chi connectivity index (χ1v) is 33.7. The van der Waals surface area contributed by atoms with Gasteiger partial charge in [0.05, 0.1) is 0 Å². The molecule has 0 aromatic rings. The monoisotopic (exact) mass is 1120 g/mol. The third kappa shape index (κ3) is 66.2. The summed E-state index contributed by atoms with van der Waals surface area (Å²) in [5.41, 5.74) is 0. The van der Waals surface area contributed by atoms with Crippen molar-refractivity contribution in [2.24, 2.45) is 0 Å². The Labute approximate surface area is 500 Å². The Balaban J connectivity index is 4.39. The van der Waals surface area contributed by atoms with Gasteiger partial charge in [-0.05, 0) is 122 Å². The molecular weight excluding hydrogens is 997 g/mol. The average Bonchev–Trinajstić information content (AvgIpc) is 3.47. The van der Waals surface area contributed by atoms with Crippen LogP contribution in [-0.2, 0) is 28.6 Å². The van der Waals surface area contributed by atoms with Crippen LogP contribution in [0.25, 0.3) is 0 Å². The van der Waals surface area contributed by atoms with Crippen LogP contribution in [0.4, 0.5) is 0 Å². The summed E-state index contributed by atoms with van der Waals surface area (Å²) < 4.78 is 16.9. The van der Waals surface area contributed by atoms with E-state index in [1.54, 1.807) is 0 Å². The molecule has 460 valence electrons. The summed E-state index contributed by atoms with van der Waals surface area (Å²) in [7, 11) is 0. The van der Waals surface area contributed by atoms with Crippen LogP contribution in [0.2, 0.25) is 0 Å². The first-order chi connectivity index (χ1) is 40.0. The molecule has 0 heterocycles. The first kappa shape index (κ1) is 76.5. The minimum absolute atomic E-state index is 0.0951. The minimum Gasteiger partial charge on any atom is -0.462 e. The van der Waals surface area contributed by atoms with Gasteiger partial charge in [0.2, 0.25) is 0 Å². The zero-order valence-corrected chi connectivity index (χ0v) is 52.8. The summed E-state index contributed by atoms with van der Waals surface area (Å²) in [5.74, 6) is -0.943. The fourth-order valence-electron chi connectivity index (χ4n) is 9.11. The fraction of sp³-hybridized carbons (Fsp3) is 0.667. The summed E-state index contributed by atoms with van der Waals surface area (Å²) in [6.07, 6.45) is 96.1. The predicted octanol–water partition coefficient (Wildman–Crippen LogP) is 23.3. The van der Waals surface area contributed by atoms with Crippen LogP contribution >= 0.6 is 0 Å². The third-order valence-corrected chi connectivity index (χ3v) is 14.1. The molecular formula is C75H124O6. The van der Waals surface area contributed by atoms with Gasteiger partial charge in [0, 0.05) is 19.3 Å². The molecule has 0 amide bonds. The first-order valence-electron chi connectivity index (χ1n) is 33.7. The summed E-state index contributed by atoms with van der Waals surface area (Å²) in [6, 6.07) is 0. The smallest absolute Gasteiger partial charge is 0.306 e. The second kappa shape index (κ2) is 68.1. The number of carbonyl (C=O) groups excluding carboxylic acids is 3. The number of rotatable bonds is 60. The Morgan fingerprint density at radius 3 is 0.790 bits per heavy atom. The van der Waals surface area contributed by atoms with E-state index < -0.39 is 6.10 Å². The number of esters is 3. The van der Waals surface area contributed by atoms with Crippen molar-refractivity contribution in [3.63, 3.8) is 0 Å². The molecule has 0 N–H and O–H groups in total. The Bertz CT molecular complexity index is 1720. The van der Waals surface area contributed by atoms with Crippen LogP contribution in [0.5, 0.6) is 0 Å². The van der Waals surface area contributed by atoms with E-state index in [0.717, 1.165) is 128 Å². The van der Waals surface area contributed by atoms with Gasteiger partial charge in [0.25, 0.3) is 0 Å². The van der Waals surface area contributed by atoms with Crippen LogP contribution < -0.4 is 0 Å². The number of allylic oxidation sites excluding steroid dienone is 22. The quantitative estimate of drug-likeness (QED) is 0.0261. The summed E-state index contributed by atoms with van der Waals surface area (Å²) >= 11 is 0. The van der Waals surface area contributed by atoms with Crippen LogP contribution in [0.15, 0.2) is 134 Å². The van der Waals surface area contributed by atoms with E-state index >= 15 is 0 Å². The van der Waals surface area contributed by atoms with Gasteiger partial charge in [-0.15, -0.1) is 0 Å². The highest BCUT2D eigenvalue weighted by atomic mass is 16.6. The van der Waals surface area contributed by atoms with Crippen LogP contribution in [0, 0.1) is 0 Å². The molecule has 0 aromatic heterocycles. The SMILES string of the molecule is CC/C=C\C/C=C\C/C=C\C/C=C\C/C=C\C/C=C\C/C=C\C/C=C\C/C=C\C/C=C\CCCCC(=O)OCC(COC(=O)CCCCCCCCCCCCCCCCC)OC(=O)CCCCCCC/C=C\CCCCCCCC. The molecule has 0 saturated heterocycles. The van der Waals surface area contributed by atoms with Crippen molar-refractivity contribution in [1.82, 2.24) is 0 Å². The molecule has 0 aliphatic rings.